The van der Waals surface area contributed by atoms with Gasteiger partial charge in [-0.15, -0.1) is 11.3 Å². The average Bonchev–Trinajstić information content (AvgIpc) is 2.78. The van der Waals surface area contributed by atoms with Gasteiger partial charge in [0.05, 0.1) is 12.3 Å². The van der Waals surface area contributed by atoms with E-state index in [9.17, 15) is 8.78 Å². The Labute approximate surface area is 107 Å². The van der Waals surface area contributed by atoms with Crippen LogP contribution in [0.1, 0.15) is 5.01 Å². The van der Waals surface area contributed by atoms with Gasteiger partial charge in [-0.25, -0.2) is 4.98 Å². The molecule has 0 unspecified atom stereocenters. The lowest BCUT2D eigenvalue weighted by Gasteiger charge is -2.08. The van der Waals surface area contributed by atoms with E-state index in [1.165, 1.54) is 17.4 Å². The number of aromatic nitrogens is 1. The number of halogens is 2. The highest BCUT2D eigenvalue weighted by Gasteiger charge is 2.13. The third-order valence-corrected chi connectivity index (χ3v) is 3.02. The lowest BCUT2D eigenvalue weighted by atomic mass is 10.1. The Morgan fingerprint density at radius 3 is 2.83 bits per heavy atom. The molecule has 0 saturated heterocycles. The largest absolute Gasteiger partial charge is 0.434 e. The van der Waals surface area contributed by atoms with Gasteiger partial charge in [0.25, 0.3) is 0 Å². The molecule has 0 atom stereocenters. The second-order valence-corrected chi connectivity index (χ2v) is 4.38. The van der Waals surface area contributed by atoms with Crippen molar-refractivity contribution in [3.63, 3.8) is 0 Å². The number of hydrogen-bond donors (Lipinski definition) is 0. The summed E-state index contributed by atoms with van der Waals surface area (Å²) in [5.41, 5.74) is 1.17. The number of alkyl halides is 2. The maximum Gasteiger partial charge on any atom is 0.387 e. The first-order valence-electron chi connectivity index (χ1n) is 5.18. The molecule has 1 heterocycles. The van der Waals surface area contributed by atoms with Crippen molar-refractivity contribution in [3.05, 3.63) is 34.7 Å². The minimum absolute atomic E-state index is 0.127. The van der Waals surface area contributed by atoms with Gasteiger partial charge in [-0.3, -0.25) is 0 Å². The first kappa shape index (κ1) is 12.9. The van der Waals surface area contributed by atoms with Crippen molar-refractivity contribution in [2.75, 3.05) is 7.11 Å². The third kappa shape index (κ3) is 3.02. The van der Waals surface area contributed by atoms with E-state index in [1.54, 1.807) is 30.7 Å². The number of para-hydroxylation sites is 1. The van der Waals surface area contributed by atoms with Crippen LogP contribution >= 0.6 is 11.3 Å². The molecule has 0 aliphatic carbocycles. The molecule has 96 valence electrons. The van der Waals surface area contributed by atoms with Gasteiger partial charge in [-0.05, 0) is 12.1 Å². The van der Waals surface area contributed by atoms with Gasteiger partial charge < -0.3 is 9.47 Å². The highest BCUT2D eigenvalue weighted by Crippen LogP contribution is 2.31. The molecule has 0 spiro atoms. The summed E-state index contributed by atoms with van der Waals surface area (Å²) in [6.45, 7) is -2.44. The number of nitrogens with zero attached hydrogens (tertiary/aromatic N) is 1. The molecule has 0 fully saturated rings. The van der Waals surface area contributed by atoms with E-state index in [1.807, 2.05) is 0 Å². The van der Waals surface area contributed by atoms with Crippen molar-refractivity contribution >= 4 is 11.3 Å². The van der Waals surface area contributed by atoms with Crippen LogP contribution in [0.3, 0.4) is 0 Å². The number of hydrogen-bond acceptors (Lipinski definition) is 4. The predicted octanol–water partition coefficient (Wildman–Crippen LogP) is 3.56. The van der Waals surface area contributed by atoms with Crippen LogP contribution in [0.25, 0.3) is 11.3 Å². The van der Waals surface area contributed by atoms with E-state index >= 15 is 0 Å². The Morgan fingerprint density at radius 2 is 2.11 bits per heavy atom. The second-order valence-electron chi connectivity index (χ2n) is 3.43. The molecular weight excluding hydrogens is 260 g/mol. The van der Waals surface area contributed by atoms with Crippen molar-refractivity contribution in [3.8, 4) is 17.0 Å². The monoisotopic (exact) mass is 271 g/mol. The summed E-state index contributed by atoms with van der Waals surface area (Å²) in [5, 5.41) is 2.58. The molecule has 2 aromatic rings. The van der Waals surface area contributed by atoms with Crippen molar-refractivity contribution in [1.82, 2.24) is 4.98 Å². The Kier molecular flexibility index (Phi) is 4.22. The van der Waals surface area contributed by atoms with E-state index in [-0.39, 0.29) is 5.75 Å². The summed E-state index contributed by atoms with van der Waals surface area (Å²) in [6.07, 6.45) is 0. The molecule has 1 aromatic heterocycles. The van der Waals surface area contributed by atoms with Crippen LogP contribution in [0.2, 0.25) is 0 Å². The fraction of sp³-hybridized carbons (Fsp3) is 0.250. The highest BCUT2D eigenvalue weighted by molar-refractivity contribution is 7.09. The fourth-order valence-corrected chi connectivity index (χ4v) is 2.27. The van der Waals surface area contributed by atoms with Gasteiger partial charge >= 0.3 is 6.61 Å². The molecule has 0 aliphatic heterocycles. The minimum atomic E-state index is -2.84. The van der Waals surface area contributed by atoms with Crippen LogP contribution in [0.5, 0.6) is 5.75 Å². The molecule has 0 radical (unpaired) electrons. The van der Waals surface area contributed by atoms with Crippen molar-refractivity contribution in [2.24, 2.45) is 0 Å². The zero-order chi connectivity index (χ0) is 13.0. The standard InChI is InChI=1S/C12H11F2NO2S/c1-16-6-11-15-9(7-18-11)8-4-2-3-5-10(8)17-12(13)14/h2-5,7,12H,6H2,1H3. The van der Waals surface area contributed by atoms with Crippen LogP contribution in [0, 0.1) is 0 Å². The summed E-state index contributed by atoms with van der Waals surface area (Å²) in [7, 11) is 1.58. The quantitative estimate of drug-likeness (QED) is 0.833. The molecular formula is C12H11F2NO2S. The molecule has 6 heteroatoms. The number of thiazole rings is 1. The minimum Gasteiger partial charge on any atom is -0.434 e. The normalized spacial score (nSPS) is 10.9. The molecule has 0 N–H and O–H groups in total. The fourth-order valence-electron chi connectivity index (χ4n) is 1.50. The van der Waals surface area contributed by atoms with Gasteiger partial charge in [-0.2, -0.15) is 8.78 Å². The molecule has 0 saturated carbocycles. The Morgan fingerprint density at radius 1 is 1.33 bits per heavy atom. The molecule has 1 aromatic carbocycles. The Balaban J connectivity index is 2.30. The van der Waals surface area contributed by atoms with Crippen LogP contribution in [-0.2, 0) is 11.3 Å². The molecule has 18 heavy (non-hydrogen) atoms. The number of ether oxygens (including phenoxy) is 2. The maximum atomic E-state index is 12.3. The lowest BCUT2D eigenvalue weighted by molar-refractivity contribution is -0.0494. The Bertz CT molecular complexity index is 516. The third-order valence-electron chi connectivity index (χ3n) is 2.20. The number of benzene rings is 1. The van der Waals surface area contributed by atoms with E-state index in [0.29, 0.717) is 17.9 Å². The van der Waals surface area contributed by atoms with E-state index in [4.69, 9.17) is 4.74 Å². The smallest absolute Gasteiger partial charge is 0.387 e. The van der Waals surface area contributed by atoms with Crippen LogP contribution in [0.4, 0.5) is 8.78 Å². The maximum absolute atomic E-state index is 12.3. The molecule has 0 bridgehead atoms. The zero-order valence-electron chi connectivity index (χ0n) is 9.60. The van der Waals surface area contributed by atoms with Crippen LogP contribution < -0.4 is 4.74 Å². The van der Waals surface area contributed by atoms with Crippen molar-refractivity contribution in [1.29, 1.82) is 0 Å². The Hall–Kier alpha value is -1.53. The topological polar surface area (TPSA) is 31.4 Å². The molecule has 0 aliphatic rings. The van der Waals surface area contributed by atoms with Gasteiger partial charge in [0.2, 0.25) is 0 Å². The first-order valence-corrected chi connectivity index (χ1v) is 6.06. The van der Waals surface area contributed by atoms with E-state index < -0.39 is 6.61 Å². The number of rotatable bonds is 5. The van der Waals surface area contributed by atoms with E-state index in [2.05, 4.69) is 9.72 Å². The van der Waals surface area contributed by atoms with Crippen molar-refractivity contribution < 1.29 is 18.3 Å². The summed E-state index contributed by atoms with van der Waals surface area (Å²) >= 11 is 1.42. The SMILES string of the molecule is COCc1nc(-c2ccccc2OC(F)F)cs1. The van der Waals surface area contributed by atoms with Crippen molar-refractivity contribution in [2.45, 2.75) is 13.2 Å². The van der Waals surface area contributed by atoms with Crippen LogP contribution in [-0.4, -0.2) is 18.7 Å². The second kappa shape index (κ2) is 5.88. The summed E-state index contributed by atoms with van der Waals surface area (Å²) in [4.78, 5) is 4.31. The molecule has 3 nitrogen and oxygen atoms in total. The predicted molar refractivity (Wildman–Crippen MR) is 64.9 cm³/mol. The van der Waals surface area contributed by atoms with Gasteiger partial charge in [0.15, 0.2) is 0 Å². The average molecular weight is 271 g/mol. The van der Waals surface area contributed by atoms with Crippen LogP contribution in [0.15, 0.2) is 29.6 Å². The summed E-state index contributed by atoms with van der Waals surface area (Å²) in [6, 6.07) is 6.59. The van der Waals surface area contributed by atoms with Gasteiger partial charge in [0, 0.05) is 18.1 Å². The number of methoxy groups -OCH3 is 1. The summed E-state index contributed by atoms with van der Waals surface area (Å²) in [5.74, 6) is 0.127. The highest BCUT2D eigenvalue weighted by atomic mass is 32.1. The lowest BCUT2D eigenvalue weighted by Crippen LogP contribution is -2.03. The molecule has 2 rings (SSSR count). The summed E-state index contributed by atoms with van der Waals surface area (Å²) < 4.78 is 34.0. The zero-order valence-corrected chi connectivity index (χ0v) is 10.4. The molecule has 0 amide bonds. The van der Waals surface area contributed by atoms with Gasteiger partial charge in [0.1, 0.15) is 10.8 Å². The van der Waals surface area contributed by atoms with Gasteiger partial charge in [-0.1, -0.05) is 12.1 Å². The first-order chi connectivity index (χ1) is 8.70. The van der Waals surface area contributed by atoms with E-state index in [0.717, 1.165) is 5.01 Å².